The van der Waals surface area contributed by atoms with E-state index in [0.717, 1.165) is 41.8 Å². The van der Waals surface area contributed by atoms with Crippen LogP contribution in [-0.2, 0) is 13.0 Å². The van der Waals surface area contributed by atoms with Gasteiger partial charge in [0.25, 0.3) is 0 Å². The van der Waals surface area contributed by atoms with Crippen molar-refractivity contribution in [1.82, 2.24) is 25.0 Å². The summed E-state index contributed by atoms with van der Waals surface area (Å²) < 4.78 is 2.02. The van der Waals surface area contributed by atoms with Gasteiger partial charge in [0.2, 0.25) is 0 Å². The molecular formula is C16H21IN6S. The minimum atomic E-state index is 0. The van der Waals surface area contributed by atoms with Gasteiger partial charge in [-0.15, -0.1) is 35.3 Å². The molecule has 0 aromatic carbocycles. The summed E-state index contributed by atoms with van der Waals surface area (Å²) in [5.41, 5.74) is 2.05. The van der Waals surface area contributed by atoms with Gasteiger partial charge < -0.3 is 10.6 Å². The summed E-state index contributed by atoms with van der Waals surface area (Å²) in [7, 11) is 0. The standard InChI is InChI=1S/C16H20N6S.HI/c1-2-17-15(19-8-6-13-5-3-4-7-18-13)20-11-14-12-22-9-10-23-16(22)21-14;/h3-5,7,9-10,12H,2,6,8,11H2,1H3,(H2,17,19,20);1H. The maximum atomic E-state index is 4.59. The van der Waals surface area contributed by atoms with Crippen LogP contribution in [0, 0.1) is 0 Å². The van der Waals surface area contributed by atoms with E-state index in [-0.39, 0.29) is 24.0 Å². The first-order valence-electron chi connectivity index (χ1n) is 7.68. The number of aromatic nitrogens is 3. The Kier molecular flexibility index (Phi) is 7.44. The number of halogens is 1. The Morgan fingerprint density at radius 1 is 1.29 bits per heavy atom. The highest BCUT2D eigenvalue weighted by Gasteiger charge is 2.03. The Bertz CT molecular complexity index is 739. The van der Waals surface area contributed by atoms with Crippen molar-refractivity contribution in [3.8, 4) is 0 Å². The summed E-state index contributed by atoms with van der Waals surface area (Å²) in [5, 5.41) is 8.61. The molecule has 0 unspecified atom stereocenters. The zero-order valence-electron chi connectivity index (χ0n) is 13.5. The van der Waals surface area contributed by atoms with E-state index < -0.39 is 0 Å². The molecule has 24 heavy (non-hydrogen) atoms. The number of hydrogen-bond acceptors (Lipinski definition) is 4. The van der Waals surface area contributed by atoms with Crippen LogP contribution < -0.4 is 10.6 Å². The highest BCUT2D eigenvalue weighted by molar-refractivity contribution is 14.0. The molecule has 0 saturated carbocycles. The normalized spacial score (nSPS) is 11.3. The fourth-order valence-corrected chi connectivity index (χ4v) is 2.93. The number of aliphatic imine (C=N–C) groups is 1. The number of nitrogens with one attached hydrogen (secondary N) is 2. The summed E-state index contributed by atoms with van der Waals surface area (Å²) in [5.74, 6) is 0.805. The van der Waals surface area contributed by atoms with Crippen molar-refractivity contribution in [2.45, 2.75) is 19.9 Å². The van der Waals surface area contributed by atoms with Gasteiger partial charge in [-0.3, -0.25) is 9.38 Å². The van der Waals surface area contributed by atoms with Crippen molar-refractivity contribution in [2.75, 3.05) is 13.1 Å². The van der Waals surface area contributed by atoms with E-state index in [1.165, 1.54) is 0 Å². The van der Waals surface area contributed by atoms with Gasteiger partial charge in [0.05, 0.1) is 12.2 Å². The predicted molar refractivity (Wildman–Crippen MR) is 109 cm³/mol. The third kappa shape index (κ3) is 5.17. The zero-order valence-corrected chi connectivity index (χ0v) is 16.6. The van der Waals surface area contributed by atoms with E-state index in [4.69, 9.17) is 0 Å². The SMILES string of the molecule is CCNC(=NCc1cn2ccsc2n1)NCCc1ccccn1.I. The van der Waals surface area contributed by atoms with Crippen LogP contribution in [-0.4, -0.2) is 33.4 Å². The Morgan fingerprint density at radius 3 is 2.96 bits per heavy atom. The molecule has 0 aliphatic carbocycles. The van der Waals surface area contributed by atoms with Gasteiger partial charge in [-0.1, -0.05) is 6.07 Å². The van der Waals surface area contributed by atoms with E-state index in [9.17, 15) is 0 Å². The molecule has 6 nitrogen and oxygen atoms in total. The predicted octanol–water partition coefficient (Wildman–Crippen LogP) is 2.71. The number of hydrogen-bond donors (Lipinski definition) is 2. The monoisotopic (exact) mass is 456 g/mol. The molecular weight excluding hydrogens is 435 g/mol. The maximum absolute atomic E-state index is 4.59. The number of nitrogens with zero attached hydrogens (tertiary/aromatic N) is 4. The first-order valence-corrected chi connectivity index (χ1v) is 8.56. The molecule has 0 aliphatic heterocycles. The second kappa shape index (κ2) is 9.58. The Balaban J connectivity index is 0.00000208. The number of rotatable bonds is 6. The minimum Gasteiger partial charge on any atom is -0.357 e. The number of thiazole rings is 1. The molecule has 0 bridgehead atoms. The van der Waals surface area contributed by atoms with E-state index in [2.05, 4.69) is 32.5 Å². The highest BCUT2D eigenvalue weighted by Crippen LogP contribution is 2.11. The van der Waals surface area contributed by atoms with Crippen LogP contribution in [0.15, 0.2) is 47.2 Å². The molecule has 0 atom stereocenters. The van der Waals surface area contributed by atoms with Crippen LogP contribution >= 0.6 is 35.3 Å². The fourth-order valence-electron chi connectivity index (χ4n) is 2.21. The second-order valence-electron chi connectivity index (χ2n) is 5.02. The van der Waals surface area contributed by atoms with E-state index >= 15 is 0 Å². The molecule has 3 aromatic heterocycles. The molecule has 0 amide bonds. The van der Waals surface area contributed by atoms with Gasteiger partial charge in [0.1, 0.15) is 0 Å². The van der Waals surface area contributed by atoms with Crippen molar-refractivity contribution in [3.63, 3.8) is 0 Å². The van der Waals surface area contributed by atoms with Crippen molar-refractivity contribution < 1.29 is 0 Å². The number of fused-ring (bicyclic) bond motifs is 1. The van der Waals surface area contributed by atoms with Gasteiger partial charge in [-0.05, 0) is 19.1 Å². The molecule has 0 aliphatic rings. The molecule has 0 saturated heterocycles. The Morgan fingerprint density at radius 2 is 2.21 bits per heavy atom. The third-order valence-corrected chi connectivity index (χ3v) is 4.06. The quantitative estimate of drug-likeness (QED) is 0.340. The molecule has 2 N–H and O–H groups in total. The van der Waals surface area contributed by atoms with E-state index in [1.807, 2.05) is 46.6 Å². The summed E-state index contributed by atoms with van der Waals surface area (Å²) in [6.45, 7) is 4.24. The van der Waals surface area contributed by atoms with Gasteiger partial charge in [0, 0.05) is 49.2 Å². The molecule has 8 heteroatoms. The second-order valence-corrected chi connectivity index (χ2v) is 5.89. The summed E-state index contributed by atoms with van der Waals surface area (Å²) >= 11 is 1.63. The summed E-state index contributed by atoms with van der Waals surface area (Å²) in [6, 6.07) is 5.97. The van der Waals surface area contributed by atoms with Gasteiger partial charge in [-0.2, -0.15) is 0 Å². The average Bonchev–Trinajstić information content (AvgIpc) is 3.15. The van der Waals surface area contributed by atoms with Crippen LogP contribution in [0.5, 0.6) is 0 Å². The Labute approximate surface area is 162 Å². The molecule has 0 radical (unpaired) electrons. The van der Waals surface area contributed by atoms with Crippen LogP contribution in [0.2, 0.25) is 0 Å². The maximum Gasteiger partial charge on any atom is 0.193 e. The molecule has 3 heterocycles. The van der Waals surface area contributed by atoms with Crippen molar-refractivity contribution in [2.24, 2.45) is 4.99 Å². The van der Waals surface area contributed by atoms with E-state index in [0.29, 0.717) is 6.54 Å². The molecule has 3 rings (SSSR count). The minimum absolute atomic E-state index is 0. The number of pyridine rings is 1. The lowest BCUT2D eigenvalue weighted by molar-refractivity contribution is 0.786. The highest BCUT2D eigenvalue weighted by atomic mass is 127. The molecule has 3 aromatic rings. The molecule has 128 valence electrons. The smallest absolute Gasteiger partial charge is 0.193 e. The van der Waals surface area contributed by atoms with Crippen LogP contribution in [0.3, 0.4) is 0 Å². The first kappa shape index (κ1) is 18.7. The lowest BCUT2D eigenvalue weighted by Crippen LogP contribution is -2.38. The van der Waals surface area contributed by atoms with Crippen molar-refractivity contribution in [3.05, 3.63) is 53.6 Å². The fraction of sp³-hybridized carbons (Fsp3) is 0.312. The van der Waals surface area contributed by atoms with Crippen LogP contribution in [0.1, 0.15) is 18.3 Å². The Hall–Kier alpha value is -1.68. The summed E-state index contributed by atoms with van der Waals surface area (Å²) in [4.78, 5) is 14.5. The van der Waals surface area contributed by atoms with Gasteiger partial charge >= 0.3 is 0 Å². The number of guanidine groups is 1. The van der Waals surface area contributed by atoms with Crippen LogP contribution in [0.4, 0.5) is 0 Å². The lowest BCUT2D eigenvalue weighted by atomic mass is 10.3. The molecule has 0 fully saturated rings. The van der Waals surface area contributed by atoms with Gasteiger partial charge in [-0.25, -0.2) is 9.98 Å². The lowest BCUT2D eigenvalue weighted by Gasteiger charge is -2.10. The van der Waals surface area contributed by atoms with Crippen LogP contribution in [0.25, 0.3) is 4.96 Å². The summed E-state index contributed by atoms with van der Waals surface area (Å²) in [6.07, 6.45) is 6.72. The first-order chi connectivity index (χ1) is 11.3. The molecule has 0 spiro atoms. The van der Waals surface area contributed by atoms with Crippen molar-refractivity contribution in [1.29, 1.82) is 0 Å². The third-order valence-electron chi connectivity index (χ3n) is 3.29. The van der Waals surface area contributed by atoms with Crippen molar-refractivity contribution >= 4 is 46.2 Å². The number of imidazole rings is 1. The zero-order chi connectivity index (χ0) is 15.9. The van der Waals surface area contributed by atoms with E-state index in [1.54, 1.807) is 11.3 Å². The average molecular weight is 456 g/mol. The van der Waals surface area contributed by atoms with Gasteiger partial charge in [0.15, 0.2) is 10.9 Å². The topological polar surface area (TPSA) is 66.6 Å². The largest absolute Gasteiger partial charge is 0.357 e.